The van der Waals surface area contributed by atoms with Gasteiger partial charge in [0.2, 0.25) is 0 Å². The van der Waals surface area contributed by atoms with Crippen molar-refractivity contribution < 1.29 is 13.9 Å². The largest absolute Gasteiger partial charge is 0.493 e. The van der Waals surface area contributed by atoms with Crippen LogP contribution in [0, 0.1) is 0 Å². The molecule has 1 aliphatic rings. The van der Waals surface area contributed by atoms with Gasteiger partial charge in [0, 0.05) is 26.2 Å². The van der Waals surface area contributed by atoms with Gasteiger partial charge in [-0.25, -0.2) is 4.39 Å². The molecular weight excluding hydrogens is 330 g/mol. The van der Waals surface area contributed by atoms with Crippen LogP contribution in [-0.2, 0) is 0 Å². The van der Waals surface area contributed by atoms with Crippen molar-refractivity contribution in [3.63, 3.8) is 0 Å². The molecule has 7 heteroatoms. The summed E-state index contributed by atoms with van der Waals surface area (Å²) >= 11 is 0. The van der Waals surface area contributed by atoms with Crippen molar-refractivity contribution in [3.05, 3.63) is 23.8 Å². The first kappa shape index (κ1) is 21.2. The number of hydrogen-bond acceptors (Lipinski definition) is 4. The highest BCUT2D eigenvalue weighted by atomic mass is 35.5. The molecule has 1 fully saturated rings. The Hall–Kier alpha value is -0.750. The number of hydrogen-bond donors (Lipinski definition) is 1. The molecule has 1 aliphatic heterocycles. The monoisotopic (exact) mass is 354 g/mol. The zero-order valence-electron chi connectivity index (χ0n) is 13.0. The quantitative estimate of drug-likeness (QED) is 0.851. The van der Waals surface area contributed by atoms with Crippen LogP contribution in [0.1, 0.15) is 18.5 Å². The molecule has 0 aliphatic carbocycles. The van der Waals surface area contributed by atoms with E-state index >= 15 is 0 Å². The summed E-state index contributed by atoms with van der Waals surface area (Å²) in [6.45, 7) is 5.67. The van der Waals surface area contributed by atoms with Gasteiger partial charge in [-0.3, -0.25) is 4.90 Å². The third-order valence-electron chi connectivity index (χ3n) is 3.61. The molecule has 1 heterocycles. The van der Waals surface area contributed by atoms with E-state index in [1.165, 1.54) is 0 Å². The van der Waals surface area contributed by atoms with Crippen LogP contribution in [0.3, 0.4) is 0 Å². The number of rotatable bonds is 6. The Labute approximate surface area is 144 Å². The number of methoxy groups -OCH3 is 1. The average Bonchev–Trinajstić information content (AvgIpc) is 2.50. The highest BCUT2D eigenvalue weighted by Crippen LogP contribution is 2.32. The van der Waals surface area contributed by atoms with Gasteiger partial charge in [-0.2, -0.15) is 0 Å². The van der Waals surface area contributed by atoms with Crippen molar-refractivity contribution in [1.82, 2.24) is 10.2 Å². The Morgan fingerprint density at radius 1 is 1.23 bits per heavy atom. The fourth-order valence-electron chi connectivity index (χ4n) is 2.56. The highest BCUT2D eigenvalue weighted by molar-refractivity contribution is 5.85. The van der Waals surface area contributed by atoms with Gasteiger partial charge in [-0.1, -0.05) is 6.07 Å². The molecule has 2 rings (SSSR count). The molecule has 1 N–H and O–H groups in total. The second kappa shape index (κ2) is 10.9. The van der Waals surface area contributed by atoms with E-state index in [0.29, 0.717) is 18.1 Å². The number of nitrogens with zero attached hydrogens (tertiary/aromatic N) is 1. The molecule has 4 nitrogen and oxygen atoms in total. The lowest BCUT2D eigenvalue weighted by molar-refractivity contribution is 0.147. The minimum atomic E-state index is -0.392. The summed E-state index contributed by atoms with van der Waals surface area (Å²) in [5.74, 6) is 1.37. The molecule has 22 heavy (non-hydrogen) atoms. The highest BCUT2D eigenvalue weighted by Gasteiger charge is 2.23. The Bertz CT molecular complexity index is 432. The molecule has 128 valence electrons. The number of nitrogens with one attached hydrogen (secondary N) is 1. The summed E-state index contributed by atoms with van der Waals surface area (Å²) in [5, 5.41) is 3.28. The van der Waals surface area contributed by atoms with Gasteiger partial charge in [-0.15, -0.1) is 24.8 Å². The molecule has 0 bridgehead atoms. The van der Waals surface area contributed by atoms with E-state index in [4.69, 9.17) is 9.47 Å². The molecule has 0 amide bonds. The summed E-state index contributed by atoms with van der Waals surface area (Å²) in [4.78, 5) is 2.17. The maximum atomic E-state index is 13.5. The van der Waals surface area contributed by atoms with Crippen molar-refractivity contribution in [2.24, 2.45) is 0 Å². The lowest BCUT2D eigenvalue weighted by atomic mass is 10.0. The summed E-state index contributed by atoms with van der Waals surface area (Å²) < 4.78 is 24.3. The maximum Gasteiger partial charge on any atom is 0.161 e. The van der Waals surface area contributed by atoms with Crippen LogP contribution in [0.2, 0.25) is 0 Å². The lowest BCUT2D eigenvalue weighted by Gasteiger charge is -2.33. The standard InChI is InChI=1S/C15H23FN2O2.2ClH/c1-3-20-14-5-4-12(10-15(14)19-2)13(11-16)18-8-6-17-7-9-18;;/h4-5,10,13,17H,3,6-9,11H2,1-2H3;2*1H/t13-;;/m1../s1. The van der Waals surface area contributed by atoms with Crippen LogP contribution in [0.25, 0.3) is 0 Å². The van der Waals surface area contributed by atoms with Gasteiger partial charge in [-0.05, 0) is 24.6 Å². The topological polar surface area (TPSA) is 33.7 Å². The third kappa shape index (κ3) is 5.16. The minimum Gasteiger partial charge on any atom is -0.493 e. The van der Waals surface area contributed by atoms with Crippen molar-refractivity contribution in [1.29, 1.82) is 0 Å². The summed E-state index contributed by atoms with van der Waals surface area (Å²) in [7, 11) is 1.61. The van der Waals surface area contributed by atoms with Crippen molar-refractivity contribution in [2.45, 2.75) is 13.0 Å². The summed E-state index contributed by atoms with van der Waals surface area (Å²) in [6, 6.07) is 5.47. The number of halogens is 3. The molecule has 0 saturated carbocycles. The van der Waals surface area contributed by atoms with Gasteiger partial charge >= 0.3 is 0 Å². The van der Waals surface area contributed by atoms with Crippen molar-refractivity contribution in [3.8, 4) is 11.5 Å². The molecule has 0 spiro atoms. The van der Waals surface area contributed by atoms with Gasteiger partial charge in [0.15, 0.2) is 11.5 Å². The Balaban J connectivity index is 0.00000220. The second-order valence-electron chi connectivity index (χ2n) is 4.80. The third-order valence-corrected chi connectivity index (χ3v) is 3.61. The molecule has 0 radical (unpaired) electrons. The smallest absolute Gasteiger partial charge is 0.161 e. The Morgan fingerprint density at radius 3 is 2.45 bits per heavy atom. The minimum absolute atomic E-state index is 0. The second-order valence-corrected chi connectivity index (χ2v) is 4.80. The molecule has 1 saturated heterocycles. The number of alkyl halides is 1. The molecular formula is C15H25Cl2FN2O2. The fourth-order valence-corrected chi connectivity index (χ4v) is 2.56. The van der Waals surface area contributed by atoms with Crippen LogP contribution in [0.5, 0.6) is 11.5 Å². The fraction of sp³-hybridized carbons (Fsp3) is 0.600. The van der Waals surface area contributed by atoms with Crippen LogP contribution >= 0.6 is 24.8 Å². The molecule has 1 aromatic rings. The Kier molecular flexibility index (Phi) is 10.5. The van der Waals surface area contributed by atoms with Gasteiger partial charge < -0.3 is 14.8 Å². The Morgan fingerprint density at radius 2 is 1.91 bits per heavy atom. The van der Waals surface area contributed by atoms with Crippen molar-refractivity contribution >= 4 is 24.8 Å². The molecule has 0 unspecified atom stereocenters. The maximum absolute atomic E-state index is 13.5. The van der Waals surface area contributed by atoms with Gasteiger partial charge in [0.1, 0.15) is 6.67 Å². The molecule has 1 aromatic carbocycles. The van der Waals surface area contributed by atoms with Gasteiger partial charge in [0.05, 0.1) is 19.8 Å². The zero-order chi connectivity index (χ0) is 14.4. The van der Waals surface area contributed by atoms with Crippen LogP contribution in [0.4, 0.5) is 4.39 Å². The number of benzene rings is 1. The first-order valence-electron chi connectivity index (χ1n) is 7.11. The van der Waals surface area contributed by atoms with Crippen LogP contribution < -0.4 is 14.8 Å². The molecule has 0 aromatic heterocycles. The number of ether oxygens (including phenoxy) is 2. The zero-order valence-corrected chi connectivity index (χ0v) is 14.6. The van der Waals surface area contributed by atoms with Crippen LogP contribution in [0.15, 0.2) is 18.2 Å². The molecule has 1 atom stereocenters. The number of piperazine rings is 1. The van der Waals surface area contributed by atoms with E-state index in [0.717, 1.165) is 31.7 Å². The normalized spacial score (nSPS) is 16.1. The van der Waals surface area contributed by atoms with E-state index in [1.807, 2.05) is 25.1 Å². The SMILES string of the molecule is CCOc1ccc([C@@H](CF)N2CCNCC2)cc1OC.Cl.Cl. The van der Waals surface area contributed by atoms with E-state index in [9.17, 15) is 4.39 Å². The first-order valence-corrected chi connectivity index (χ1v) is 7.11. The van der Waals surface area contributed by atoms with Crippen molar-refractivity contribution in [2.75, 3.05) is 46.6 Å². The predicted octanol–water partition coefficient (Wildman–Crippen LogP) is 2.85. The lowest BCUT2D eigenvalue weighted by Crippen LogP contribution is -2.45. The average molecular weight is 355 g/mol. The van der Waals surface area contributed by atoms with E-state index in [2.05, 4.69) is 10.2 Å². The summed E-state index contributed by atoms with van der Waals surface area (Å²) in [6.07, 6.45) is 0. The van der Waals surface area contributed by atoms with E-state index < -0.39 is 6.67 Å². The van der Waals surface area contributed by atoms with E-state index in [1.54, 1.807) is 7.11 Å². The van der Waals surface area contributed by atoms with Crippen LogP contribution in [-0.4, -0.2) is 51.5 Å². The van der Waals surface area contributed by atoms with E-state index in [-0.39, 0.29) is 30.9 Å². The first-order chi connectivity index (χ1) is 9.80. The predicted molar refractivity (Wildman–Crippen MR) is 91.8 cm³/mol. The van der Waals surface area contributed by atoms with Gasteiger partial charge in [0.25, 0.3) is 0 Å². The summed E-state index contributed by atoms with van der Waals surface area (Å²) in [5.41, 5.74) is 0.940.